The number of allylic oxidation sites excluding steroid dienone is 4. The van der Waals surface area contributed by atoms with Crippen LogP contribution in [0.25, 0.3) is 103 Å². The highest BCUT2D eigenvalue weighted by atomic mass is 32.1. The molecule has 0 radical (unpaired) electrons. The standard InChI is InChI=1S/C74H45NS/c1-8-22-61-49(15-1)50-16-2-9-23-62(50)73(61)65-26-12-5-19-53(65)59-43-48(33-37-68(59)73)75-69-27-13-6-20-54(69)55-34-29-47(42-70(55)75)45-31-36-67-58(40-45)57-39-44(46-32-38-72-60(41-46)56-21-7-14-28-71(56)76-72)30-35-66(57)74(67)63-24-10-3-17-51(63)52-18-4-11-25-64(52)74/h1-43,51,63H/t51?,63-,74?/m1/s1. The number of nitrogens with zero attached hydrogens (tertiary/aromatic N) is 1. The van der Waals surface area contributed by atoms with Crippen molar-refractivity contribution >= 4 is 53.3 Å². The van der Waals surface area contributed by atoms with E-state index in [0.29, 0.717) is 5.92 Å². The van der Waals surface area contributed by atoms with Gasteiger partial charge in [-0.25, -0.2) is 0 Å². The maximum absolute atomic E-state index is 2.53. The second-order valence-corrected chi connectivity index (χ2v) is 22.8. The third-order valence-corrected chi connectivity index (χ3v) is 19.7. The summed E-state index contributed by atoms with van der Waals surface area (Å²) in [7, 11) is 0. The van der Waals surface area contributed by atoms with E-state index in [1.54, 1.807) is 0 Å². The molecule has 5 aliphatic rings. The first kappa shape index (κ1) is 41.3. The normalized spacial score (nSPS) is 18.3. The number of fused-ring (bicyclic) bond motifs is 26. The first-order chi connectivity index (χ1) is 37.7. The Balaban J connectivity index is 0.832. The first-order valence-corrected chi connectivity index (χ1v) is 27.6. The summed E-state index contributed by atoms with van der Waals surface area (Å²) in [6.07, 6.45) is 9.48. The van der Waals surface area contributed by atoms with Crippen molar-refractivity contribution < 1.29 is 0 Å². The van der Waals surface area contributed by atoms with Gasteiger partial charge in [0.25, 0.3) is 0 Å². The summed E-state index contributed by atoms with van der Waals surface area (Å²) < 4.78 is 5.19. The monoisotopic (exact) mass is 979 g/mol. The average molecular weight is 980 g/mol. The van der Waals surface area contributed by atoms with Crippen LogP contribution in [-0.4, -0.2) is 4.57 Å². The quantitative estimate of drug-likeness (QED) is 0.166. The van der Waals surface area contributed by atoms with E-state index in [0.717, 1.165) is 0 Å². The lowest BCUT2D eigenvalue weighted by atomic mass is 9.65. The summed E-state index contributed by atoms with van der Waals surface area (Å²) in [5.41, 5.74) is 26.9. The second kappa shape index (κ2) is 14.8. The summed E-state index contributed by atoms with van der Waals surface area (Å²) in [6.45, 7) is 0. The van der Waals surface area contributed by atoms with Crippen LogP contribution in [0.15, 0.2) is 261 Å². The van der Waals surface area contributed by atoms with Crippen molar-refractivity contribution in [2.45, 2.75) is 16.7 Å². The summed E-state index contributed by atoms with van der Waals surface area (Å²) in [6, 6.07) is 90.8. The zero-order chi connectivity index (χ0) is 49.4. The molecule has 3 atom stereocenters. The largest absolute Gasteiger partial charge is 0.309 e. The van der Waals surface area contributed by atoms with Crippen LogP contribution in [-0.2, 0) is 10.8 Å². The Morgan fingerprint density at radius 2 is 0.842 bits per heavy atom. The van der Waals surface area contributed by atoms with Crippen LogP contribution in [0.1, 0.15) is 50.4 Å². The number of hydrogen-bond acceptors (Lipinski definition) is 1. The van der Waals surface area contributed by atoms with Crippen LogP contribution in [0.4, 0.5) is 0 Å². The van der Waals surface area contributed by atoms with Gasteiger partial charge in [-0.3, -0.25) is 0 Å². The van der Waals surface area contributed by atoms with Gasteiger partial charge in [-0.2, -0.15) is 0 Å². The summed E-state index contributed by atoms with van der Waals surface area (Å²) >= 11 is 1.88. The van der Waals surface area contributed by atoms with Crippen molar-refractivity contribution in [3.8, 4) is 61.3 Å². The average Bonchev–Trinajstić information content (AvgIpc) is 4.50. The van der Waals surface area contributed by atoms with Gasteiger partial charge < -0.3 is 4.57 Å². The summed E-state index contributed by atoms with van der Waals surface area (Å²) in [5.74, 6) is 0.570. The molecule has 2 spiro atoms. The van der Waals surface area contributed by atoms with Crippen LogP contribution < -0.4 is 0 Å². The molecule has 18 rings (SSSR count). The van der Waals surface area contributed by atoms with Gasteiger partial charge in [0.1, 0.15) is 0 Å². The van der Waals surface area contributed by atoms with Gasteiger partial charge in [0.2, 0.25) is 0 Å². The molecule has 1 nitrogen and oxygen atoms in total. The molecule has 0 bridgehead atoms. The Kier molecular flexibility index (Phi) is 8.05. The fraction of sp³-hybridized carbons (Fsp3) is 0.0541. The number of benzene rings is 11. The van der Waals surface area contributed by atoms with E-state index in [9.17, 15) is 0 Å². The molecular weight excluding hydrogens is 935 g/mol. The molecule has 0 aliphatic heterocycles. The summed E-state index contributed by atoms with van der Waals surface area (Å²) in [5, 5.41) is 5.18. The highest BCUT2D eigenvalue weighted by molar-refractivity contribution is 7.25. The lowest BCUT2D eigenvalue weighted by molar-refractivity contribution is 0.465. The van der Waals surface area contributed by atoms with Crippen molar-refractivity contribution in [3.05, 3.63) is 305 Å². The van der Waals surface area contributed by atoms with Crippen LogP contribution in [0, 0.1) is 5.92 Å². The highest BCUT2D eigenvalue weighted by Gasteiger charge is 2.57. The second-order valence-electron chi connectivity index (χ2n) is 21.7. The van der Waals surface area contributed by atoms with Crippen LogP contribution in [0.5, 0.6) is 0 Å². The lowest BCUT2D eigenvalue weighted by Gasteiger charge is -2.36. The molecule has 76 heavy (non-hydrogen) atoms. The van der Waals surface area contributed by atoms with E-state index in [4.69, 9.17) is 0 Å². The van der Waals surface area contributed by atoms with Crippen LogP contribution in [0.2, 0.25) is 0 Å². The molecule has 0 saturated heterocycles. The molecule has 0 N–H and O–H groups in total. The fourth-order valence-electron chi connectivity index (χ4n) is 15.6. The third-order valence-electron chi connectivity index (χ3n) is 18.5. The van der Waals surface area contributed by atoms with E-state index >= 15 is 0 Å². The minimum Gasteiger partial charge on any atom is -0.309 e. The lowest BCUT2D eigenvalue weighted by Crippen LogP contribution is -2.32. The smallest absolute Gasteiger partial charge is 0.0725 e. The van der Waals surface area contributed by atoms with Gasteiger partial charge >= 0.3 is 0 Å². The molecule has 0 saturated carbocycles. The van der Waals surface area contributed by atoms with Gasteiger partial charge in [-0.05, 0) is 155 Å². The zero-order valence-corrected chi connectivity index (χ0v) is 42.2. The van der Waals surface area contributed by atoms with Gasteiger partial charge in [0.15, 0.2) is 0 Å². The maximum Gasteiger partial charge on any atom is 0.0725 e. The third kappa shape index (κ3) is 5.06. The molecule has 2 aromatic heterocycles. The Bertz CT molecular complexity index is 4760. The van der Waals surface area contributed by atoms with E-state index in [1.165, 1.54) is 148 Å². The van der Waals surface area contributed by atoms with Gasteiger partial charge in [0.05, 0.1) is 21.9 Å². The molecule has 2 heterocycles. The van der Waals surface area contributed by atoms with E-state index in [-0.39, 0.29) is 16.7 Å². The predicted molar refractivity (Wildman–Crippen MR) is 317 cm³/mol. The Hall–Kier alpha value is -9.08. The van der Waals surface area contributed by atoms with E-state index in [1.807, 2.05) is 11.3 Å². The molecule has 13 aromatic rings. The molecule has 2 heteroatoms. The molecule has 0 fully saturated rings. The van der Waals surface area contributed by atoms with E-state index < -0.39 is 0 Å². The molecule has 0 amide bonds. The maximum atomic E-state index is 2.53. The van der Waals surface area contributed by atoms with Gasteiger partial charge in [-0.15, -0.1) is 11.3 Å². The van der Waals surface area contributed by atoms with Crippen molar-refractivity contribution in [2.75, 3.05) is 0 Å². The fourth-order valence-corrected chi connectivity index (χ4v) is 16.7. The number of thiophene rings is 1. The predicted octanol–water partition coefficient (Wildman–Crippen LogP) is 19.0. The minimum absolute atomic E-state index is 0.263. The van der Waals surface area contributed by atoms with Crippen LogP contribution >= 0.6 is 11.3 Å². The van der Waals surface area contributed by atoms with E-state index in [2.05, 4.69) is 265 Å². The molecule has 11 aromatic carbocycles. The Morgan fingerprint density at radius 1 is 0.329 bits per heavy atom. The molecule has 2 unspecified atom stereocenters. The summed E-state index contributed by atoms with van der Waals surface area (Å²) in [4.78, 5) is 0. The van der Waals surface area contributed by atoms with Gasteiger partial charge in [0, 0.05) is 48.5 Å². The SMILES string of the molecule is C1=CC2c3ccccc3C3(c4ccc(-c5ccc6sc7ccccc7c6c5)cc4-c4cc(-c5ccc6c7ccccc7n(-c7ccc8c(c7)-c7ccccc7C87c8ccccc8-c8ccccc87)c6c5)ccc43)[C@@H]2C=C1. The minimum atomic E-state index is -0.380. The number of aromatic nitrogens is 1. The zero-order valence-electron chi connectivity index (χ0n) is 41.3. The number of para-hydroxylation sites is 1. The Morgan fingerprint density at radius 3 is 1.59 bits per heavy atom. The highest BCUT2D eigenvalue weighted by Crippen LogP contribution is 2.66. The first-order valence-electron chi connectivity index (χ1n) is 26.8. The van der Waals surface area contributed by atoms with Gasteiger partial charge in [-0.1, -0.05) is 206 Å². The van der Waals surface area contributed by atoms with Crippen molar-refractivity contribution in [2.24, 2.45) is 5.92 Å². The number of rotatable bonds is 3. The van der Waals surface area contributed by atoms with Crippen molar-refractivity contribution in [1.82, 2.24) is 4.57 Å². The van der Waals surface area contributed by atoms with Crippen molar-refractivity contribution in [3.63, 3.8) is 0 Å². The topological polar surface area (TPSA) is 4.93 Å². The molecular formula is C74H45NS. The number of hydrogen-bond donors (Lipinski definition) is 0. The molecule has 352 valence electrons. The van der Waals surface area contributed by atoms with Crippen LogP contribution in [0.3, 0.4) is 0 Å². The van der Waals surface area contributed by atoms with Crippen molar-refractivity contribution in [1.29, 1.82) is 0 Å². The Labute approximate surface area is 444 Å². The molecule has 5 aliphatic carbocycles.